The lowest BCUT2D eigenvalue weighted by Gasteiger charge is -2.46. The number of thiazole rings is 1. The van der Waals surface area contributed by atoms with Crippen molar-refractivity contribution in [2.75, 3.05) is 11.4 Å². The van der Waals surface area contributed by atoms with Crippen LogP contribution in [0.1, 0.15) is 17.8 Å². The largest absolute Gasteiger partial charge is 0.375 e. The summed E-state index contributed by atoms with van der Waals surface area (Å²) in [7, 11) is 0. The zero-order valence-corrected chi connectivity index (χ0v) is 19.8. The molecular weight excluding hydrogens is 455 g/mol. The summed E-state index contributed by atoms with van der Waals surface area (Å²) in [4.78, 5) is 3.83. The lowest BCUT2D eigenvalue weighted by atomic mass is 9.86. The average Bonchev–Trinajstić information content (AvgIpc) is 3.37. The van der Waals surface area contributed by atoms with Crippen LogP contribution < -0.4 is 20.6 Å². The van der Waals surface area contributed by atoms with Crippen LogP contribution >= 0.6 is 35.3 Å². The maximum absolute atomic E-state index is 6.02. The van der Waals surface area contributed by atoms with Crippen LogP contribution in [0.2, 0.25) is 0 Å². The summed E-state index contributed by atoms with van der Waals surface area (Å²) in [5.41, 5.74) is 14.8. The third-order valence-corrected chi connectivity index (χ3v) is 9.42. The van der Waals surface area contributed by atoms with Gasteiger partial charge in [-0.3, -0.25) is 5.43 Å². The van der Waals surface area contributed by atoms with E-state index in [2.05, 4.69) is 74.5 Å². The zero-order valence-electron chi connectivity index (χ0n) is 17.3. The van der Waals surface area contributed by atoms with Crippen LogP contribution in [0.5, 0.6) is 0 Å². The molecule has 160 valence electrons. The molecule has 0 spiro atoms. The lowest BCUT2D eigenvalue weighted by Crippen LogP contribution is -2.62. The fourth-order valence-electron chi connectivity index (χ4n) is 5.60. The molecule has 5 heterocycles. The number of hydrogen-bond acceptors (Lipinski definition) is 5. The van der Waals surface area contributed by atoms with Crippen molar-refractivity contribution in [1.29, 1.82) is 0 Å². The number of para-hydroxylation sites is 2. The molecule has 7 rings (SSSR count). The molecule has 0 aliphatic carbocycles. The second-order valence-corrected chi connectivity index (χ2v) is 11.1. The molecule has 0 amide bonds. The number of fused-ring (bicyclic) bond motifs is 9. The van der Waals surface area contributed by atoms with Crippen LogP contribution in [-0.4, -0.2) is 28.7 Å². The Bertz CT molecular complexity index is 1360. The number of hydrazine groups is 1. The maximum Gasteiger partial charge on any atom is 0.267 e. The first kappa shape index (κ1) is 19.1. The molecule has 0 saturated heterocycles. The first-order valence-corrected chi connectivity index (χ1v) is 13.0. The predicted octanol–water partition coefficient (Wildman–Crippen LogP) is 4.00. The van der Waals surface area contributed by atoms with Crippen LogP contribution in [0.25, 0.3) is 15.8 Å². The number of benzene rings is 2. The molecule has 2 atom stereocenters. The molecule has 2 unspecified atom stereocenters. The molecule has 3 aromatic rings. The Kier molecular flexibility index (Phi) is 4.21. The summed E-state index contributed by atoms with van der Waals surface area (Å²) in [5, 5.41) is 5.40. The minimum atomic E-state index is 0.263. The van der Waals surface area contributed by atoms with E-state index in [-0.39, 0.29) is 12.1 Å². The van der Waals surface area contributed by atoms with E-state index < -0.39 is 0 Å². The third kappa shape index (κ3) is 2.67. The molecule has 5 nitrogen and oxygen atoms in total. The first-order valence-electron chi connectivity index (χ1n) is 11.0. The van der Waals surface area contributed by atoms with Crippen molar-refractivity contribution in [2.45, 2.75) is 36.4 Å². The van der Waals surface area contributed by atoms with E-state index in [1.165, 1.54) is 42.0 Å². The molecule has 2 aromatic carbocycles. The van der Waals surface area contributed by atoms with E-state index in [1.54, 1.807) is 0 Å². The number of thiocarbonyl (C=S) groups is 1. The number of rotatable bonds is 1. The highest BCUT2D eigenvalue weighted by Crippen LogP contribution is 2.52. The van der Waals surface area contributed by atoms with Crippen LogP contribution in [0.15, 0.2) is 70.1 Å². The second kappa shape index (κ2) is 7.05. The summed E-state index contributed by atoms with van der Waals surface area (Å²) in [6, 6.07) is 18.0. The summed E-state index contributed by atoms with van der Waals surface area (Å²) < 4.78 is 3.83. The second-order valence-electron chi connectivity index (χ2n) is 8.60. The number of aromatic nitrogens is 1. The van der Waals surface area contributed by atoms with E-state index in [0.29, 0.717) is 5.11 Å². The van der Waals surface area contributed by atoms with Crippen LogP contribution in [0.4, 0.5) is 5.69 Å². The van der Waals surface area contributed by atoms with Gasteiger partial charge in [-0.2, -0.15) is 4.57 Å². The molecule has 3 N–H and O–H groups in total. The van der Waals surface area contributed by atoms with Gasteiger partial charge in [-0.25, -0.2) is 5.01 Å². The van der Waals surface area contributed by atoms with Gasteiger partial charge in [-0.15, -0.1) is 0 Å². The van der Waals surface area contributed by atoms with Gasteiger partial charge in [0, 0.05) is 29.5 Å². The smallest absolute Gasteiger partial charge is 0.267 e. The first-order chi connectivity index (χ1) is 15.7. The molecule has 4 aliphatic heterocycles. The SMILES string of the molecule is NC(=S)NN1C2CC[n+]3c(sc4ccccc43)C2=CC2=C3Sc4ccccc4N3CCC21. The third-order valence-electron chi connectivity index (χ3n) is 6.90. The van der Waals surface area contributed by atoms with Gasteiger partial charge in [-0.05, 0) is 42.9 Å². The van der Waals surface area contributed by atoms with Crippen LogP contribution in [0, 0.1) is 0 Å². The summed E-state index contributed by atoms with van der Waals surface area (Å²) >= 11 is 9.10. The highest BCUT2D eigenvalue weighted by molar-refractivity contribution is 8.03. The van der Waals surface area contributed by atoms with E-state index in [1.807, 2.05) is 23.1 Å². The Morgan fingerprint density at radius 1 is 1.09 bits per heavy atom. The van der Waals surface area contributed by atoms with Gasteiger partial charge in [0.15, 0.2) is 11.7 Å². The number of nitrogens with two attached hydrogens (primary N) is 1. The fraction of sp³-hybridized carbons (Fsp3) is 0.250. The predicted molar refractivity (Wildman–Crippen MR) is 135 cm³/mol. The molecule has 0 bridgehead atoms. The van der Waals surface area contributed by atoms with Crippen LogP contribution in [0.3, 0.4) is 0 Å². The van der Waals surface area contributed by atoms with Crippen molar-refractivity contribution in [3.63, 3.8) is 0 Å². The topological polar surface area (TPSA) is 48.4 Å². The lowest BCUT2D eigenvalue weighted by molar-refractivity contribution is -0.673. The maximum atomic E-state index is 6.02. The van der Waals surface area contributed by atoms with Crippen molar-refractivity contribution < 1.29 is 4.57 Å². The monoisotopic (exact) mass is 476 g/mol. The standard InChI is InChI=1S/C24H21N5S3/c25-24(30)26-29-16-9-11-27-18-5-1-3-7-20(18)31-22(27)14(16)13-15-17(29)10-12-28-19-6-2-4-8-21(19)32-23(15)28/h1-8,13,16-17H,9-12H2,(H2-,25,26,30)/p+1. The summed E-state index contributed by atoms with van der Waals surface area (Å²) in [6.07, 6.45) is 4.56. The van der Waals surface area contributed by atoms with Crippen molar-refractivity contribution in [2.24, 2.45) is 5.73 Å². The van der Waals surface area contributed by atoms with Crippen molar-refractivity contribution in [3.05, 3.63) is 70.2 Å². The van der Waals surface area contributed by atoms with Gasteiger partial charge in [0.05, 0.1) is 28.4 Å². The quantitative estimate of drug-likeness (QED) is 0.409. The molecule has 4 aliphatic rings. The normalized spacial score (nSPS) is 23.8. The van der Waals surface area contributed by atoms with Crippen molar-refractivity contribution in [3.8, 4) is 0 Å². The number of hydrogen-bond donors (Lipinski definition) is 2. The number of thioether (sulfide) groups is 1. The molecule has 0 saturated carbocycles. The summed E-state index contributed by atoms with van der Waals surface area (Å²) in [6.45, 7) is 2.00. The molecule has 0 fully saturated rings. The Morgan fingerprint density at radius 3 is 2.84 bits per heavy atom. The van der Waals surface area contributed by atoms with Crippen LogP contribution in [-0.2, 0) is 6.54 Å². The number of nitrogens with one attached hydrogen (secondary N) is 1. The summed E-state index contributed by atoms with van der Waals surface area (Å²) in [5.74, 6) is 0. The Labute approximate surface area is 200 Å². The average molecular weight is 477 g/mol. The highest BCUT2D eigenvalue weighted by Gasteiger charge is 2.47. The molecule has 32 heavy (non-hydrogen) atoms. The zero-order chi connectivity index (χ0) is 21.4. The molecule has 8 heteroatoms. The Balaban J connectivity index is 1.44. The van der Waals surface area contributed by atoms with Gasteiger partial charge in [-0.1, -0.05) is 47.4 Å². The highest BCUT2D eigenvalue weighted by atomic mass is 32.2. The Morgan fingerprint density at radius 2 is 1.94 bits per heavy atom. The number of anilines is 1. The van der Waals surface area contributed by atoms with E-state index in [0.717, 1.165) is 25.9 Å². The molecular formula is C24H22N5S3+. The van der Waals surface area contributed by atoms with Gasteiger partial charge >= 0.3 is 0 Å². The number of nitrogens with zero attached hydrogens (tertiary/aromatic N) is 3. The van der Waals surface area contributed by atoms with E-state index in [9.17, 15) is 0 Å². The van der Waals surface area contributed by atoms with Crippen molar-refractivity contribution >= 4 is 61.9 Å². The van der Waals surface area contributed by atoms with E-state index >= 15 is 0 Å². The van der Waals surface area contributed by atoms with E-state index in [4.69, 9.17) is 18.0 Å². The fourth-order valence-corrected chi connectivity index (χ4v) is 8.21. The minimum Gasteiger partial charge on any atom is -0.375 e. The van der Waals surface area contributed by atoms with Gasteiger partial charge in [0.1, 0.15) is 4.70 Å². The minimum absolute atomic E-state index is 0.263. The van der Waals surface area contributed by atoms with Gasteiger partial charge in [0.25, 0.3) is 5.01 Å². The van der Waals surface area contributed by atoms with Gasteiger partial charge in [0.2, 0.25) is 5.52 Å². The van der Waals surface area contributed by atoms with Crippen molar-refractivity contribution in [1.82, 2.24) is 10.4 Å². The number of aryl methyl sites for hydroxylation is 1. The molecule has 1 aromatic heterocycles. The van der Waals surface area contributed by atoms with Gasteiger partial charge < -0.3 is 10.6 Å². The Hall–Kier alpha value is -2.39. The molecule has 0 radical (unpaired) electrons.